The smallest absolute Gasteiger partial charge is 0.262 e. The van der Waals surface area contributed by atoms with Crippen LogP contribution >= 0.6 is 11.6 Å². The van der Waals surface area contributed by atoms with Gasteiger partial charge in [0.2, 0.25) is 0 Å². The fourth-order valence-corrected chi connectivity index (χ4v) is 5.27. The molecule has 0 atom stereocenters. The lowest BCUT2D eigenvalue weighted by molar-refractivity contribution is 0.0763. The molecule has 3 aromatic rings. The van der Waals surface area contributed by atoms with Crippen molar-refractivity contribution in [1.82, 2.24) is 23.9 Å². The lowest BCUT2D eigenvalue weighted by Gasteiger charge is -2.21. The number of imidazole rings is 1. The van der Waals surface area contributed by atoms with Crippen LogP contribution in [0, 0.1) is 6.92 Å². The van der Waals surface area contributed by atoms with Gasteiger partial charge in [0, 0.05) is 45.0 Å². The number of benzene rings is 1. The first-order valence-corrected chi connectivity index (χ1v) is 11.6. The van der Waals surface area contributed by atoms with Gasteiger partial charge in [-0.3, -0.25) is 4.79 Å². The molecule has 164 valence electrons. The van der Waals surface area contributed by atoms with Crippen LogP contribution in [0.25, 0.3) is 11.3 Å². The maximum absolute atomic E-state index is 13.4. The van der Waals surface area contributed by atoms with E-state index in [0.717, 1.165) is 0 Å². The van der Waals surface area contributed by atoms with Crippen LogP contribution in [0.1, 0.15) is 22.5 Å². The molecule has 1 aliphatic rings. The molecular weight excluding hydrogens is 442 g/mol. The maximum atomic E-state index is 13.4. The predicted octanol–water partition coefficient (Wildman–Crippen LogP) is 2.57. The molecule has 1 saturated heterocycles. The van der Waals surface area contributed by atoms with Gasteiger partial charge in [-0.1, -0.05) is 35.0 Å². The van der Waals surface area contributed by atoms with Gasteiger partial charge >= 0.3 is 0 Å². The van der Waals surface area contributed by atoms with Crippen LogP contribution in [-0.2, 0) is 17.1 Å². The Hall–Kier alpha value is -2.69. The summed E-state index contributed by atoms with van der Waals surface area (Å²) in [5.74, 6) is 0.132. The first-order chi connectivity index (χ1) is 14.8. The van der Waals surface area contributed by atoms with E-state index >= 15 is 0 Å². The molecule has 0 unspecified atom stereocenters. The van der Waals surface area contributed by atoms with Crippen molar-refractivity contribution in [3.05, 3.63) is 53.1 Å². The van der Waals surface area contributed by atoms with E-state index in [-0.39, 0.29) is 24.0 Å². The third-order valence-corrected chi connectivity index (χ3v) is 7.35. The number of amides is 1. The number of aryl methyl sites for hydroxylation is 2. The van der Waals surface area contributed by atoms with Crippen LogP contribution in [0.2, 0.25) is 5.02 Å². The van der Waals surface area contributed by atoms with Gasteiger partial charge in [-0.05, 0) is 19.4 Å². The van der Waals surface area contributed by atoms with Crippen LogP contribution in [0.5, 0.6) is 0 Å². The van der Waals surface area contributed by atoms with E-state index < -0.39 is 10.0 Å². The molecule has 0 N–H and O–H groups in total. The number of hydrogen-bond donors (Lipinski definition) is 0. The number of halogens is 1. The van der Waals surface area contributed by atoms with Gasteiger partial charge in [-0.15, -0.1) is 0 Å². The Balaban J connectivity index is 1.57. The predicted molar refractivity (Wildman–Crippen MR) is 114 cm³/mol. The van der Waals surface area contributed by atoms with Crippen LogP contribution in [0.15, 0.2) is 46.3 Å². The molecular formula is C20H22ClN5O4S. The van der Waals surface area contributed by atoms with Gasteiger partial charge in [0.15, 0.2) is 5.03 Å². The lowest BCUT2D eigenvalue weighted by Crippen LogP contribution is -2.37. The monoisotopic (exact) mass is 463 g/mol. The minimum Gasteiger partial charge on any atom is -0.360 e. The van der Waals surface area contributed by atoms with E-state index in [9.17, 15) is 13.2 Å². The molecule has 3 heterocycles. The van der Waals surface area contributed by atoms with Gasteiger partial charge in [0.05, 0.1) is 11.3 Å². The Kier molecular flexibility index (Phi) is 5.87. The first kappa shape index (κ1) is 21.5. The molecule has 0 radical (unpaired) electrons. The number of sulfonamides is 1. The van der Waals surface area contributed by atoms with E-state index in [1.54, 1.807) is 41.6 Å². The molecule has 9 nitrogen and oxygen atoms in total. The van der Waals surface area contributed by atoms with E-state index in [1.165, 1.54) is 16.8 Å². The van der Waals surface area contributed by atoms with E-state index in [1.807, 2.05) is 6.07 Å². The molecule has 0 saturated carbocycles. The summed E-state index contributed by atoms with van der Waals surface area (Å²) in [6.45, 7) is 2.83. The van der Waals surface area contributed by atoms with Crippen molar-refractivity contribution >= 4 is 27.5 Å². The van der Waals surface area contributed by atoms with Crippen molar-refractivity contribution in [2.75, 3.05) is 26.2 Å². The maximum Gasteiger partial charge on any atom is 0.262 e. The molecule has 1 fully saturated rings. The molecule has 1 amide bonds. The van der Waals surface area contributed by atoms with Crippen molar-refractivity contribution in [2.24, 2.45) is 7.05 Å². The summed E-state index contributed by atoms with van der Waals surface area (Å²) in [6.07, 6.45) is 3.43. The summed E-state index contributed by atoms with van der Waals surface area (Å²) in [5, 5.41) is 4.53. The number of hydrogen-bond acceptors (Lipinski definition) is 6. The van der Waals surface area contributed by atoms with Crippen molar-refractivity contribution in [3.8, 4) is 11.3 Å². The normalized spacial score (nSPS) is 15.8. The summed E-state index contributed by atoms with van der Waals surface area (Å²) >= 11 is 6.30. The highest BCUT2D eigenvalue weighted by molar-refractivity contribution is 7.89. The van der Waals surface area contributed by atoms with Crippen LogP contribution < -0.4 is 0 Å². The molecule has 0 aliphatic carbocycles. The fraction of sp³-hybridized carbons (Fsp3) is 0.350. The SMILES string of the molecule is Cc1onc(-c2ccccc2Cl)c1C(=O)N1CCCN(S(=O)(=O)c2cn(C)cn2)CC1. The summed E-state index contributed by atoms with van der Waals surface area (Å²) in [7, 11) is -2.00. The Bertz CT molecular complexity index is 1220. The van der Waals surface area contributed by atoms with Crippen LogP contribution in [0.3, 0.4) is 0 Å². The average Bonchev–Trinajstić information content (AvgIpc) is 3.25. The molecule has 1 aromatic carbocycles. The molecule has 2 aromatic heterocycles. The Labute approximate surface area is 185 Å². The third kappa shape index (κ3) is 4.10. The minimum absolute atomic E-state index is 0.00524. The zero-order chi connectivity index (χ0) is 22.2. The topological polar surface area (TPSA) is 102 Å². The zero-order valence-electron chi connectivity index (χ0n) is 17.2. The van der Waals surface area contributed by atoms with Crippen LogP contribution in [-0.4, -0.2) is 64.4 Å². The summed E-state index contributed by atoms with van der Waals surface area (Å²) < 4.78 is 34.1. The highest BCUT2D eigenvalue weighted by Crippen LogP contribution is 2.32. The first-order valence-electron chi connectivity index (χ1n) is 9.77. The second-order valence-corrected chi connectivity index (χ2v) is 9.66. The fourth-order valence-electron chi connectivity index (χ4n) is 3.61. The Morgan fingerprint density at radius 2 is 1.94 bits per heavy atom. The van der Waals surface area contributed by atoms with Gasteiger partial charge in [0.1, 0.15) is 17.0 Å². The van der Waals surface area contributed by atoms with Gasteiger partial charge in [-0.25, -0.2) is 13.4 Å². The van der Waals surface area contributed by atoms with Crippen molar-refractivity contribution < 1.29 is 17.7 Å². The number of nitrogens with zero attached hydrogens (tertiary/aromatic N) is 5. The van der Waals surface area contributed by atoms with Gasteiger partial charge < -0.3 is 14.0 Å². The largest absolute Gasteiger partial charge is 0.360 e. The average molecular weight is 464 g/mol. The number of carbonyl (C=O) groups excluding carboxylic acids is 1. The standard InChI is InChI=1S/C20H22ClN5O4S/c1-14-18(19(23-30-14)15-6-3-4-7-16(15)21)20(27)25-8-5-9-26(11-10-25)31(28,29)17-12-24(2)13-22-17/h3-4,6-7,12-13H,5,8-11H2,1-2H3. The van der Waals surface area contributed by atoms with Crippen molar-refractivity contribution in [3.63, 3.8) is 0 Å². The number of rotatable bonds is 4. The Morgan fingerprint density at radius 3 is 2.65 bits per heavy atom. The highest BCUT2D eigenvalue weighted by atomic mass is 35.5. The molecule has 31 heavy (non-hydrogen) atoms. The third-order valence-electron chi connectivity index (χ3n) is 5.23. The summed E-state index contributed by atoms with van der Waals surface area (Å²) in [5.41, 5.74) is 1.34. The lowest BCUT2D eigenvalue weighted by atomic mass is 10.0. The molecule has 1 aliphatic heterocycles. The summed E-state index contributed by atoms with van der Waals surface area (Å²) in [6, 6.07) is 7.11. The summed E-state index contributed by atoms with van der Waals surface area (Å²) in [4.78, 5) is 19.0. The second-order valence-electron chi connectivity index (χ2n) is 7.37. The number of carbonyl (C=O) groups is 1. The quantitative estimate of drug-likeness (QED) is 0.589. The molecule has 11 heteroatoms. The van der Waals surface area contributed by atoms with E-state index in [2.05, 4.69) is 10.1 Å². The van der Waals surface area contributed by atoms with Crippen LogP contribution in [0.4, 0.5) is 0 Å². The minimum atomic E-state index is -3.72. The molecule has 0 bridgehead atoms. The highest BCUT2D eigenvalue weighted by Gasteiger charge is 2.32. The van der Waals surface area contributed by atoms with Crippen molar-refractivity contribution in [1.29, 1.82) is 0 Å². The van der Waals surface area contributed by atoms with E-state index in [0.29, 0.717) is 47.1 Å². The Morgan fingerprint density at radius 1 is 1.16 bits per heavy atom. The molecule has 0 spiro atoms. The van der Waals surface area contributed by atoms with E-state index in [4.69, 9.17) is 16.1 Å². The molecule has 4 rings (SSSR count). The van der Waals surface area contributed by atoms with Gasteiger partial charge in [-0.2, -0.15) is 4.31 Å². The van der Waals surface area contributed by atoms with Crippen molar-refractivity contribution in [2.45, 2.75) is 18.4 Å². The number of aromatic nitrogens is 3. The zero-order valence-corrected chi connectivity index (χ0v) is 18.7. The second kappa shape index (κ2) is 8.45. The van der Waals surface area contributed by atoms with Gasteiger partial charge in [0.25, 0.3) is 15.9 Å².